The first-order valence-corrected chi connectivity index (χ1v) is 7.54. The maximum atomic E-state index is 12.5. The molecule has 0 amide bonds. The molecule has 0 bridgehead atoms. The van der Waals surface area contributed by atoms with Crippen LogP contribution in [0.15, 0.2) is 33.8 Å². The molecule has 1 aromatic carbocycles. The number of rotatable bonds is 1. The number of hydrogen-bond donors (Lipinski definition) is 0. The third-order valence-corrected chi connectivity index (χ3v) is 4.51. The predicted octanol–water partition coefficient (Wildman–Crippen LogP) is 3.05. The molecule has 0 radical (unpaired) electrons. The minimum atomic E-state index is 0.0166. The highest BCUT2D eigenvalue weighted by atomic mass is 79.9. The Balaban J connectivity index is 1.97. The van der Waals surface area contributed by atoms with Crippen molar-refractivity contribution < 1.29 is 0 Å². The first kappa shape index (κ1) is 13.4. The van der Waals surface area contributed by atoms with Crippen molar-refractivity contribution in [2.45, 2.75) is 31.5 Å². The summed E-state index contributed by atoms with van der Waals surface area (Å²) in [6.45, 7) is 0.145. The van der Waals surface area contributed by atoms with Crippen LogP contribution in [-0.2, 0) is 0 Å². The largest absolute Gasteiger partial charge is 0.296 e. The average Bonchev–Trinajstić information content (AvgIpc) is 2.48. The van der Waals surface area contributed by atoms with Crippen LogP contribution < -0.4 is 5.56 Å². The van der Waals surface area contributed by atoms with Gasteiger partial charge in [-0.25, -0.2) is 10.2 Å². The highest BCUT2D eigenvalue weighted by molar-refractivity contribution is 9.10. The van der Waals surface area contributed by atoms with Crippen molar-refractivity contribution in [2.24, 2.45) is 0 Å². The molecular formula is C14H13BBrN3O. The molecular weight excluding hydrogens is 317 g/mol. The van der Waals surface area contributed by atoms with E-state index >= 15 is 0 Å². The third-order valence-electron chi connectivity index (χ3n) is 4.02. The van der Waals surface area contributed by atoms with E-state index in [1.165, 1.54) is 0 Å². The lowest BCUT2D eigenvalue weighted by Gasteiger charge is -2.25. The van der Waals surface area contributed by atoms with Crippen molar-refractivity contribution in [2.75, 3.05) is 0 Å². The Bertz CT molecular complexity index is 744. The Morgan fingerprint density at radius 1 is 1.40 bits per heavy atom. The first-order valence-electron chi connectivity index (χ1n) is 6.75. The summed E-state index contributed by atoms with van der Waals surface area (Å²) in [4.78, 5) is 16.9. The molecule has 1 saturated heterocycles. The standard InChI is InChI=1S/C14H13BBrN3O/c16-10-1-2-12-13(7-10)18-9-19(14(12)20)11-3-5-15(8-17)6-4-11/h1-2,7,9,11H,3-6H2. The second-order valence-corrected chi connectivity index (χ2v) is 6.17. The van der Waals surface area contributed by atoms with Gasteiger partial charge in [0.05, 0.1) is 17.2 Å². The molecule has 0 aliphatic carbocycles. The summed E-state index contributed by atoms with van der Waals surface area (Å²) in [7, 11) is 0. The monoisotopic (exact) mass is 329 g/mol. The van der Waals surface area contributed by atoms with Crippen LogP contribution in [-0.4, -0.2) is 16.3 Å². The maximum absolute atomic E-state index is 12.5. The zero-order valence-corrected chi connectivity index (χ0v) is 12.5. The van der Waals surface area contributed by atoms with Gasteiger partial charge in [-0.2, -0.15) is 0 Å². The van der Waals surface area contributed by atoms with Crippen molar-refractivity contribution in [1.82, 2.24) is 9.55 Å². The van der Waals surface area contributed by atoms with Gasteiger partial charge in [0.15, 0.2) is 0 Å². The van der Waals surface area contributed by atoms with Crippen molar-refractivity contribution >= 4 is 33.5 Å². The molecule has 2 heterocycles. The smallest absolute Gasteiger partial charge is 0.268 e. The van der Waals surface area contributed by atoms with E-state index in [2.05, 4.69) is 26.9 Å². The molecule has 6 heteroatoms. The molecule has 0 N–H and O–H groups in total. The van der Waals surface area contributed by atoms with Gasteiger partial charge in [-0.15, -0.1) is 0 Å². The van der Waals surface area contributed by atoms with Gasteiger partial charge in [0.2, 0.25) is 0 Å². The molecule has 20 heavy (non-hydrogen) atoms. The minimum absolute atomic E-state index is 0.0166. The Kier molecular flexibility index (Phi) is 3.62. The van der Waals surface area contributed by atoms with Crippen LogP contribution in [0.5, 0.6) is 0 Å². The maximum Gasteiger partial charge on any atom is 0.268 e. The normalized spacial score (nSPS) is 16.3. The molecule has 0 atom stereocenters. The molecule has 0 spiro atoms. The Morgan fingerprint density at radius 3 is 2.85 bits per heavy atom. The van der Waals surface area contributed by atoms with E-state index in [-0.39, 0.29) is 18.3 Å². The molecule has 0 unspecified atom stereocenters. The van der Waals surface area contributed by atoms with Gasteiger partial charge in [-0.1, -0.05) is 28.6 Å². The second-order valence-electron chi connectivity index (χ2n) is 5.25. The lowest BCUT2D eigenvalue weighted by Crippen LogP contribution is -2.30. The van der Waals surface area contributed by atoms with E-state index < -0.39 is 0 Å². The van der Waals surface area contributed by atoms with Crippen molar-refractivity contribution in [3.8, 4) is 5.97 Å². The third kappa shape index (κ3) is 2.38. The van der Waals surface area contributed by atoms with Gasteiger partial charge < -0.3 is 0 Å². The van der Waals surface area contributed by atoms with E-state index in [4.69, 9.17) is 5.26 Å². The van der Waals surface area contributed by atoms with Crippen LogP contribution in [0, 0.1) is 11.2 Å². The number of nitrogens with zero attached hydrogens (tertiary/aromatic N) is 3. The average molecular weight is 330 g/mol. The fraction of sp³-hybridized carbons (Fsp3) is 0.357. The summed E-state index contributed by atoms with van der Waals surface area (Å²) in [6.07, 6.45) is 5.14. The number of halogens is 1. The molecule has 1 aliphatic heterocycles. The zero-order valence-electron chi connectivity index (χ0n) is 10.9. The summed E-state index contributed by atoms with van der Waals surface area (Å²) in [5.41, 5.74) is 0.731. The van der Waals surface area contributed by atoms with Crippen molar-refractivity contribution in [3.05, 3.63) is 39.4 Å². The second kappa shape index (κ2) is 5.41. The van der Waals surface area contributed by atoms with E-state index in [1.807, 2.05) is 18.2 Å². The zero-order chi connectivity index (χ0) is 14.1. The molecule has 0 saturated carbocycles. The van der Waals surface area contributed by atoms with Crippen molar-refractivity contribution in [3.63, 3.8) is 0 Å². The number of hydrogen-bond acceptors (Lipinski definition) is 3. The van der Waals surface area contributed by atoms with E-state index in [9.17, 15) is 4.79 Å². The molecule has 1 fully saturated rings. The fourth-order valence-corrected chi connectivity index (χ4v) is 3.20. The summed E-state index contributed by atoms with van der Waals surface area (Å²) in [5, 5.41) is 9.59. The van der Waals surface area contributed by atoms with Crippen LogP contribution in [0.4, 0.5) is 0 Å². The van der Waals surface area contributed by atoms with Gasteiger partial charge in [0.1, 0.15) is 0 Å². The van der Waals surface area contributed by atoms with Crippen LogP contribution in [0.25, 0.3) is 10.9 Å². The van der Waals surface area contributed by atoms with Crippen LogP contribution in [0.1, 0.15) is 18.9 Å². The summed E-state index contributed by atoms with van der Waals surface area (Å²) in [6, 6.07) is 5.70. The van der Waals surface area contributed by atoms with Crippen LogP contribution in [0.2, 0.25) is 12.6 Å². The Hall–Kier alpha value is -1.61. The highest BCUT2D eigenvalue weighted by Gasteiger charge is 2.26. The SMILES string of the molecule is N#CB1CCC(n2cnc3cc(Br)ccc3c2=O)CC1. The first-order chi connectivity index (χ1) is 9.69. The summed E-state index contributed by atoms with van der Waals surface area (Å²) < 4.78 is 2.66. The number of benzene rings is 1. The number of fused-ring (bicyclic) bond motifs is 1. The predicted molar refractivity (Wildman–Crippen MR) is 83.0 cm³/mol. The van der Waals surface area contributed by atoms with Crippen LogP contribution in [0.3, 0.4) is 0 Å². The minimum Gasteiger partial charge on any atom is -0.296 e. The van der Waals surface area contributed by atoms with E-state index in [0.29, 0.717) is 10.9 Å². The lowest BCUT2D eigenvalue weighted by atomic mass is 9.42. The summed E-state index contributed by atoms with van der Waals surface area (Å²) >= 11 is 3.39. The topological polar surface area (TPSA) is 58.7 Å². The van der Waals surface area contributed by atoms with Gasteiger partial charge >= 0.3 is 0 Å². The molecule has 100 valence electrons. The Labute approximate surface area is 125 Å². The van der Waals surface area contributed by atoms with E-state index in [1.54, 1.807) is 10.9 Å². The quantitative estimate of drug-likeness (QED) is 0.755. The highest BCUT2D eigenvalue weighted by Crippen LogP contribution is 2.28. The van der Waals surface area contributed by atoms with Gasteiger partial charge in [0.25, 0.3) is 12.3 Å². The fourth-order valence-electron chi connectivity index (χ4n) is 2.85. The van der Waals surface area contributed by atoms with Crippen LogP contribution >= 0.6 is 15.9 Å². The van der Waals surface area contributed by atoms with Gasteiger partial charge in [-0.05, 0) is 31.0 Å². The molecule has 1 aromatic heterocycles. The number of nitriles is 1. The summed E-state index contributed by atoms with van der Waals surface area (Å²) in [5.74, 6) is 2.32. The molecule has 1 aliphatic rings. The van der Waals surface area contributed by atoms with E-state index in [0.717, 1.165) is 30.0 Å². The number of aromatic nitrogens is 2. The lowest BCUT2D eigenvalue weighted by molar-refractivity contribution is 0.440. The molecule has 2 aromatic rings. The van der Waals surface area contributed by atoms with Gasteiger partial charge in [-0.3, -0.25) is 9.36 Å². The Morgan fingerprint density at radius 2 is 2.15 bits per heavy atom. The molecule has 3 rings (SSSR count). The molecule has 4 nitrogen and oxygen atoms in total. The van der Waals surface area contributed by atoms with Gasteiger partial charge in [0, 0.05) is 16.5 Å². The van der Waals surface area contributed by atoms with Crippen molar-refractivity contribution in [1.29, 1.82) is 5.26 Å².